The molecule has 2 aromatic heterocycles. The fourth-order valence-electron chi connectivity index (χ4n) is 3.20. The van der Waals surface area contributed by atoms with E-state index in [9.17, 15) is 0 Å². The van der Waals surface area contributed by atoms with Crippen LogP contribution in [0.1, 0.15) is 44.0 Å². The van der Waals surface area contributed by atoms with E-state index < -0.39 is 5.60 Å². The minimum absolute atomic E-state index is 0.407. The molecule has 1 saturated carbocycles. The van der Waals surface area contributed by atoms with Crippen LogP contribution in [0.3, 0.4) is 0 Å². The number of nitrogen functional groups attached to an aromatic ring is 1. The second kappa shape index (κ2) is 5.42. The number of anilines is 1. The van der Waals surface area contributed by atoms with Crippen molar-refractivity contribution in [2.45, 2.75) is 45.1 Å². The van der Waals surface area contributed by atoms with Crippen molar-refractivity contribution in [3.05, 3.63) is 17.5 Å². The second-order valence-electron chi connectivity index (χ2n) is 5.98. The van der Waals surface area contributed by atoms with Crippen LogP contribution < -0.4 is 5.73 Å². The number of hydrogen-bond acceptors (Lipinski definition) is 6. The van der Waals surface area contributed by atoms with Gasteiger partial charge in [0.05, 0.1) is 9.88 Å². The van der Waals surface area contributed by atoms with Crippen molar-refractivity contribution in [3.63, 3.8) is 0 Å². The van der Waals surface area contributed by atoms with E-state index in [0.717, 1.165) is 34.7 Å². The van der Waals surface area contributed by atoms with E-state index in [-0.39, 0.29) is 0 Å². The molecule has 2 atom stereocenters. The van der Waals surface area contributed by atoms with Gasteiger partial charge in [-0.05, 0) is 43.7 Å². The highest BCUT2D eigenvalue weighted by molar-refractivity contribution is 7.19. The molecule has 1 fully saturated rings. The normalized spacial score (nSPS) is 26.1. The van der Waals surface area contributed by atoms with Crippen molar-refractivity contribution >= 4 is 16.3 Å². The van der Waals surface area contributed by atoms with E-state index in [4.69, 9.17) is 15.0 Å². The van der Waals surface area contributed by atoms with Gasteiger partial charge in [0.2, 0.25) is 5.82 Å². The summed E-state index contributed by atoms with van der Waals surface area (Å²) in [4.78, 5) is 5.55. The van der Waals surface area contributed by atoms with Crippen LogP contribution in [0.25, 0.3) is 10.8 Å². The average molecular weight is 307 g/mol. The molecule has 2 heterocycles. The van der Waals surface area contributed by atoms with Crippen LogP contribution >= 0.6 is 11.3 Å². The van der Waals surface area contributed by atoms with Gasteiger partial charge < -0.3 is 15.0 Å². The number of nitrogens with two attached hydrogens (primary N) is 1. The van der Waals surface area contributed by atoms with Crippen molar-refractivity contribution in [2.24, 2.45) is 5.92 Å². The molecule has 3 rings (SSSR count). The van der Waals surface area contributed by atoms with Crippen LogP contribution in [-0.4, -0.2) is 17.3 Å². The summed E-state index contributed by atoms with van der Waals surface area (Å²) in [5.41, 5.74) is 6.50. The number of methoxy groups -OCH3 is 1. The van der Waals surface area contributed by atoms with Gasteiger partial charge in [-0.3, -0.25) is 0 Å². The van der Waals surface area contributed by atoms with Gasteiger partial charge in [-0.1, -0.05) is 18.5 Å². The van der Waals surface area contributed by atoms with Crippen LogP contribution in [0.4, 0.5) is 5.00 Å². The van der Waals surface area contributed by atoms with E-state index in [1.54, 1.807) is 7.11 Å². The fourth-order valence-corrected chi connectivity index (χ4v) is 4.06. The molecular formula is C15H21N3O2S. The van der Waals surface area contributed by atoms with Crippen LogP contribution in [0.5, 0.6) is 0 Å². The lowest BCUT2D eigenvalue weighted by Gasteiger charge is -2.36. The molecule has 0 aliphatic heterocycles. The molecule has 2 aromatic rings. The highest BCUT2D eigenvalue weighted by Gasteiger charge is 2.41. The smallest absolute Gasteiger partial charge is 0.268 e. The molecule has 21 heavy (non-hydrogen) atoms. The van der Waals surface area contributed by atoms with Crippen molar-refractivity contribution in [1.82, 2.24) is 10.1 Å². The summed E-state index contributed by atoms with van der Waals surface area (Å²) in [6.07, 6.45) is 4.24. The quantitative estimate of drug-likeness (QED) is 0.935. The summed E-state index contributed by atoms with van der Waals surface area (Å²) < 4.78 is 11.3. The molecule has 0 bridgehead atoms. The number of thiophene rings is 1. The lowest BCUT2D eigenvalue weighted by Crippen LogP contribution is -2.35. The van der Waals surface area contributed by atoms with Crippen molar-refractivity contribution in [1.29, 1.82) is 0 Å². The third-order valence-corrected chi connectivity index (χ3v) is 5.37. The molecule has 114 valence electrons. The Labute approximate surface area is 128 Å². The summed E-state index contributed by atoms with van der Waals surface area (Å²) in [7, 11) is 1.74. The molecule has 0 spiro atoms. The largest absolute Gasteiger partial charge is 0.391 e. The summed E-state index contributed by atoms with van der Waals surface area (Å²) in [6.45, 7) is 4.25. The minimum Gasteiger partial charge on any atom is -0.391 e. The summed E-state index contributed by atoms with van der Waals surface area (Å²) in [5.74, 6) is 1.82. The van der Waals surface area contributed by atoms with E-state index >= 15 is 0 Å². The first-order valence-electron chi connectivity index (χ1n) is 7.30. The number of hydrogen-bond donors (Lipinski definition) is 1. The van der Waals surface area contributed by atoms with E-state index in [2.05, 4.69) is 17.1 Å². The molecule has 0 radical (unpaired) electrons. The third-order valence-electron chi connectivity index (χ3n) is 4.31. The average Bonchev–Trinajstić information content (AvgIpc) is 3.05. The van der Waals surface area contributed by atoms with Gasteiger partial charge >= 0.3 is 0 Å². The molecule has 1 aliphatic carbocycles. The number of ether oxygens (including phenoxy) is 1. The van der Waals surface area contributed by atoms with Crippen molar-refractivity contribution < 1.29 is 9.26 Å². The lowest BCUT2D eigenvalue weighted by molar-refractivity contribution is -0.0658. The maximum absolute atomic E-state index is 5.84. The molecule has 2 unspecified atom stereocenters. The first-order chi connectivity index (χ1) is 10.0. The Morgan fingerprint density at radius 1 is 1.52 bits per heavy atom. The molecule has 5 nitrogen and oxygen atoms in total. The topological polar surface area (TPSA) is 74.2 Å². The zero-order valence-corrected chi connectivity index (χ0v) is 13.5. The van der Waals surface area contributed by atoms with Crippen molar-refractivity contribution in [2.75, 3.05) is 12.8 Å². The van der Waals surface area contributed by atoms with Gasteiger partial charge in [0.15, 0.2) is 0 Å². The molecule has 1 aliphatic rings. The minimum atomic E-state index is -0.407. The first-order valence-corrected chi connectivity index (χ1v) is 8.11. The Kier molecular flexibility index (Phi) is 3.75. The first kappa shape index (κ1) is 14.5. The standard InChI is InChI=1S/C15H21N3O2S/c1-9-5-4-6-15(8-9,19-3)14-17-13(20-18-14)12-10(2)7-11(16)21-12/h7,9H,4-6,8,16H2,1-3H3. The molecule has 0 amide bonds. The number of nitrogens with zero attached hydrogens (tertiary/aromatic N) is 2. The third kappa shape index (κ3) is 2.58. The summed E-state index contributed by atoms with van der Waals surface area (Å²) >= 11 is 1.48. The molecule has 0 saturated heterocycles. The number of rotatable bonds is 3. The second-order valence-corrected chi connectivity index (χ2v) is 7.07. The van der Waals surface area contributed by atoms with Gasteiger partial charge in [0, 0.05) is 7.11 Å². The van der Waals surface area contributed by atoms with Crippen LogP contribution in [-0.2, 0) is 10.3 Å². The Bertz CT molecular complexity index is 637. The van der Waals surface area contributed by atoms with Gasteiger partial charge in [-0.2, -0.15) is 4.98 Å². The zero-order valence-electron chi connectivity index (χ0n) is 12.7. The predicted octanol–water partition coefficient (Wildman–Crippen LogP) is 3.74. The van der Waals surface area contributed by atoms with Gasteiger partial charge in [0.25, 0.3) is 5.89 Å². The maximum atomic E-state index is 5.84. The van der Waals surface area contributed by atoms with E-state index in [0.29, 0.717) is 17.6 Å². The number of aryl methyl sites for hydroxylation is 1. The summed E-state index contributed by atoms with van der Waals surface area (Å²) in [5, 5.41) is 4.96. The molecular weight excluding hydrogens is 286 g/mol. The Morgan fingerprint density at radius 3 is 2.95 bits per heavy atom. The monoisotopic (exact) mass is 307 g/mol. The summed E-state index contributed by atoms with van der Waals surface area (Å²) in [6, 6.07) is 1.93. The van der Waals surface area contributed by atoms with Crippen molar-refractivity contribution in [3.8, 4) is 10.8 Å². The van der Waals surface area contributed by atoms with Gasteiger partial charge in [0.1, 0.15) is 5.60 Å². The van der Waals surface area contributed by atoms with Gasteiger partial charge in [-0.25, -0.2) is 0 Å². The SMILES string of the molecule is COC1(c2noc(-c3sc(N)cc3C)n2)CCCC(C)C1. The van der Waals surface area contributed by atoms with Crippen LogP contribution in [0.2, 0.25) is 0 Å². The Morgan fingerprint density at radius 2 is 2.33 bits per heavy atom. The number of aromatic nitrogens is 2. The molecule has 0 aromatic carbocycles. The molecule has 6 heteroatoms. The predicted molar refractivity (Wildman–Crippen MR) is 83.1 cm³/mol. The van der Waals surface area contributed by atoms with E-state index in [1.807, 2.05) is 13.0 Å². The maximum Gasteiger partial charge on any atom is 0.268 e. The lowest BCUT2D eigenvalue weighted by atomic mass is 9.78. The van der Waals surface area contributed by atoms with E-state index in [1.165, 1.54) is 17.8 Å². The molecule has 2 N–H and O–H groups in total. The highest BCUT2D eigenvalue weighted by atomic mass is 32.1. The highest BCUT2D eigenvalue weighted by Crippen LogP contribution is 2.42. The van der Waals surface area contributed by atoms with Crippen LogP contribution in [0, 0.1) is 12.8 Å². The Hall–Kier alpha value is -1.40. The van der Waals surface area contributed by atoms with Gasteiger partial charge in [-0.15, -0.1) is 11.3 Å². The zero-order chi connectivity index (χ0) is 15.0. The fraction of sp³-hybridized carbons (Fsp3) is 0.600. The Balaban J connectivity index is 1.95. The van der Waals surface area contributed by atoms with Crippen LogP contribution in [0.15, 0.2) is 10.6 Å².